The molecule has 6 heteroatoms. The van der Waals surface area contributed by atoms with E-state index in [2.05, 4.69) is 4.90 Å². The Morgan fingerprint density at radius 1 is 1.21 bits per heavy atom. The van der Waals surface area contributed by atoms with Crippen molar-refractivity contribution in [2.24, 2.45) is 0 Å². The van der Waals surface area contributed by atoms with E-state index in [9.17, 15) is 4.79 Å². The number of hydrogen-bond donors (Lipinski definition) is 0. The molecule has 3 heterocycles. The van der Waals surface area contributed by atoms with Gasteiger partial charge < -0.3 is 23.7 Å². The maximum absolute atomic E-state index is 12.7. The first-order chi connectivity index (χ1) is 11.8. The van der Waals surface area contributed by atoms with Gasteiger partial charge in [-0.1, -0.05) is 6.42 Å². The van der Waals surface area contributed by atoms with Crippen LogP contribution in [0.5, 0.6) is 5.95 Å². The van der Waals surface area contributed by atoms with Gasteiger partial charge in [-0.25, -0.2) is 0 Å². The number of ether oxygens (including phenoxy) is 2. The zero-order chi connectivity index (χ0) is 16.8. The van der Waals surface area contributed by atoms with E-state index in [4.69, 9.17) is 13.9 Å². The van der Waals surface area contributed by atoms with Gasteiger partial charge in [0, 0.05) is 32.3 Å². The Morgan fingerprint density at radius 2 is 2.04 bits per heavy atom. The molecule has 0 aromatic carbocycles. The van der Waals surface area contributed by atoms with Crippen molar-refractivity contribution >= 4 is 5.91 Å². The molecule has 0 spiro atoms. The van der Waals surface area contributed by atoms with Crippen LogP contribution in [-0.2, 0) is 4.74 Å². The summed E-state index contributed by atoms with van der Waals surface area (Å²) in [5.74, 6) is 0.670. The maximum Gasteiger partial charge on any atom is 0.289 e. The fourth-order valence-corrected chi connectivity index (χ4v) is 3.43. The van der Waals surface area contributed by atoms with Crippen LogP contribution in [0.4, 0.5) is 0 Å². The smallest absolute Gasteiger partial charge is 0.289 e. The topological polar surface area (TPSA) is 55.1 Å². The molecule has 0 radical (unpaired) electrons. The van der Waals surface area contributed by atoms with E-state index < -0.39 is 0 Å². The monoisotopic (exact) mass is 336 g/mol. The summed E-state index contributed by atoms with van der Waals surface area (Å²) in [4.78, 5) is 17.0. The van der Waals surface area contributed by atoms with Gasteiger partial charge in [-0.3, -0.25) is 4.79 Å². The highest BCUT2D eigenvalue weighted by Crippen LogP contribution is 2.19. The van der Waals surface area contributed by atoms with E-state index in [0.717, 1.165) is 26.1 Å². The van der Waals surface area contributed by atoms with Crippen molar-refractivity contribution in [3.8, 4) is 5.95 Å². The van der Waals surface area contributed by atoms with Crippen LogP contribution < -0.4 is 4.74 Å². The van der Waals surface area contributed by atoms with Gasteiger partial charge in [-0.15, -0.1) is 0 Å². The lowest BCUT2D eigenvalue weighted by Gasteiger charge is -2.31. The average Bonchev–Trinajstić information content (AvgIpc) is 2.94. The van der Waals surface area contributed by atoms with Gasteiger partial charge in [0.2, 0.25) is 0 Å². The molecule has 2 aliphatic heterocycles. The molecule has 2 saturated heterocycles. The Kier molecular flexibility index (Phi) is 6.15. The zero-order valence-electron chi connectivity index (χ0n) is 14.5. The lowest BCUT2D eigenvalue weighted by atomic mass is 10.1. The zero-order valence-corrected chi connectivity index (χ0v) is 14.5. The van der Waals surface area contributed by atoms with Crippen molar-refractivity contribution in [2.45, 2.75) is 38.7 Å². The van der Waals surface area contributed by atoms with Crippen molar-refractivity contribution in [3.05, 3.63) is 17.9 Å². The van der Waals surface area contributed by atoms with Crippen LogP contribution in [-0.4, -0.2) is 67.7 Å². The number of nitrogens with zero attached hydrogens (tertiary/aromatic N) is 2. The third kappa shape index (κ3) is 4.51. The lowest BCUT2D eigenvalue weighted by molar-refractivity contribution is 0.0210. The number of amides is 1. The molecule has 0 N–H and O–H groups in total. The number of carbonyl (C=O) groups is 1. The summed E-state index contributed by atoms with van der Waals surface area (Å²) in [5, 5.41) is 0. The molecule has 1 amide bonds. The molecular weight excluding hydrogens is 308 g/mol. The minimum absolute atomic E-state index is 0.0740. The number of furan rings is 1. The van der Waals surface area contributed by atoms with Crippen molar-refractivity contribution in [1.82, 2.24) is 9.80 Å². The third-order valence-electron chi connectivity index (χ3n) is 4.63. The standard InChI is InChI=1S/C18H28N2O4/c1-2-22-17-8-7-16(24-17)18(21)20-11-6-12-23-15(14-20)13-19-9-4-3-5-10-19/h7-8,15H,2-6,9-14H2,1H3. The predicted molar refractivity (Wildman–Crippen MR) is 90.4 cm³/mol. The predicted octanol–water partition coefficient (Wildman–Crippen LogP) is 2.40. The van der Waals surface area contributed by atoms with Crippen molar-refractivity contribution in [1.29, 1.82) is 0 Å². The van der Waals surface area contributed by atoms with E-state index in [1.54, 1.807) is 12.1 Å². The molecule has 1 atom stereocenters. The minimum atomic E-state index is -0.0740. The number of rotatable bonds is 5. The van der Waals surface area contributed by atoms with Crippen molar-refractivity contribution in [2.75, 3.05) is 45.9 Å². The summed E-state index contributed by atoms with van der Waals surface area (Å²) in [6.07, 6.45) is 4.80. The first kappa shape index (κ1) is 17.3. The van der Waals surface area contributed by atoms with Gasteiger partial charge in [-0.05, 0) is 45.3 Å². The highest BCUT2D eigenvalue weighted by atomic mass is 16.6. The highest BCUT2D eigenvalue weighted by molar-refractivity contribution is 5.91. The van der Waals surface area contributed by atoms with Crippen LogP contribution in [0.2, 0.25) is 0 Å². The summed E-state index contributed by atoms with van der Waals surface area (Å²) in [7, 11) is 0. The van der Waals surface area contributed by atoms with Gasteiger partial charge in [-0.2, -0.15) is 0 Å². The fraction of sp³-hybridized carbons (Fsp3) is 0.722. The molecule has 2 fully saturated rings. The van der Waals surface area contributed by atoms with Gasteiger partial charge in [0.05, 0.1) is 12.7 Å². The van der Waals surface area contributed by atoms with Crippen molar-refractivity contribution < 1.29 is 18.7 Å². The minimum Gasteiger partial charge on any atom is -0.465 e. The van der Waals surface area contributed by atoms with Crippen LogP contribution in [0, 0.1) is 0 Å². The SMILES string of the molecule is CCOc1ccc(C(=O)N2CCCOC(CN3CCCCC3)C2)o1. The highest BCUT2D eigenvalue weighted by Gasteiger charge is 2.27. The van der Waals surface area contributed by atoms with E-state index in [-0.39, 0.29) is 12.0 Å². The molecule has 0 aliphatic carbocycles. The summed E-state index contributed by atoms with van der Waals surface area (Å²) >= 11 is 0. The summed E-state index contributed by atoms with van der Waals surface area (Å²) < 4.78 is 16.8. The molecule has 1 aromatic heterocycles. The second-order valence-electron chi connectivity index (χ2n) is 6.51. The van der Waals surface area contributed by atoms with Crippen LogP contribution in [0.3, 0.4) is 0 Å². The molecule has 1 aromatic rings. The average molecular weight is 336 g/mol. The Balaban J connectivity index is 1.59. The quantitative estimate of drug-likeness (QED) is 0.826. The molecule has 1 unspecified atom stereocenters. The largest absolute Gasteiger partial charge is 0.465 e. The van der Waals surface area contributed by atoms with Gasteiger partial charge in [0.1, 0.15) is 0 Å². The molecule has 0 bridgehead atoms. The number of piperidine rings is 1. The number of likely N-dealkylation sites (tertiary alicyclic amines) is 1. The first-order valence-corrected chi connectivity index (χ1v) is 9.12. The molecule has 3 rings (SSSR count). The van der Waals surface area contributed by atoms with E-state index in [1.807, 2.05) is 11.8 Å². The van der Waals surface area contributed by atoms with Gasteiger partial charge in [0.15, 0.2) is 5.76 Å². The molecule has 134 valence electrons. The van der Waals surface area contributed by atoms with Crippen LogP contribution in [0.1, 0.15) is 43.2 Å². The molecular formula is C18H28N2O4. The third-order valence-corrected chi connectivity index (χ3v) is 4.63. The van der Waals surface area contributed by atoms with Gasteiger partial charge in [0.25, 0.3) is 11.9 Å². The Bertz CT molecular complexity index is 525. The summed E-state index contributed by atoms with van der Waals surface area (Å²) in [6, 6.07) is 3.40. The van der Waals surface area contributed by atoms with Crippen LogP contribution in [0.25, 0.3) is 0 Å². The number of hydrogen-bond acceptors (Lipinski definition) is 5. The van der Waals surface area contributed by atoms with E-state index in [0.29, 0.717) is 38.0 Å². The molecule has 6 nitrogen and oxygen atoms in total. The normalized spacial score (nSPS) is 23.0. The Labute approximate surface area is 143 Å². The molecule has 24 heavy (non-hydrogen) atoms. The van der Waals surface area contributed by atoms with Crippen molar-refractivity contribution in [3.63, 3.8) is 0 Å². The fourth-order valence-electron chi connectivity index (χ4n) is 3.43. The van der Waals surface area contributed by atoms with Crippen LogP contribution >= 0.6 is 0 Å². The summed E-state index contributed by atoms with van der Waals surface area (Å²) in [5.41, 5.74) is 0. The second kappa shape index (κ2) is 8.53. The van der Waals surface area contributed by atoms with E-state index >= 15 is 0 Å². The maximum atomic E-state index is 12.7. The molecule has 2 aliphatic rings. The van der Waals surface area contributed by atoms with Gasteiger partial charge >= 0.3 is 0 Å². The Hall–Kier alpha value is -1.53. The second-order valence-corrected chi connectivity index (χ2v) is 6.51. The first-order valence-electron chi connectivity index (χ1n) is 9.12. The van der Waals surface area contributed by atoms with Crippen LogP contribution in [0.15, 0.2) is 16.5 Å². The Morgan fingerprint density at radius 3 is 2.83 bits per heavy atom. The summed E-state index contributed by atoms with van der Waals surface area (Å²) in [6.45, 7) is 7.65. The lowest BCUT2D eigenvalue weighted by Crippen LogP contribution is -2.43. The number of carbonyl (C=O) groups excluding carboxylic acids is 1. The van der Waals surface area contributed by atoms with E-state index in [1.165, 1.54) is 19.3 Å². The molecule has 0 saturated carbocycles.